The highest BCUT2D eigenvalue weighted by Crippen LogP contribution is 2.72. The van der Waals surface area contributed by atoms with Gasteiger partial charge in [-0.25, -0.2) is 4.79 Å². The summed E-state index contributed by atoms with van der Waals surface area (Å²) >= 11 is 0. The maximum absolute atomic E-state index is 13.1. The average molecular weight is 841 g/mol. The molecule has 0 bridgehead atoms. The summed E-state index contributed by atoms with van der Waals surface area (Å²) in [5, 5.41) is 80.3. The van der Waals surface area contributed by atoms with E-state index in [9.17, 15) is 50.1 Å². The number of ether oxygens (including phenoxy) is 7. The Balaban J connectivity index is 1.11. The van der Waals surface area contributed by atoms with Gasteiger partial charge in [-0.1, -0.05) is 13.8 Å². The van der Waals surface area contributed by atoms with Crippen LogP contribution in [0.3, 0.4) is 0 Å². The van der Waals surface area contributed by atoms with E-state index in [1.807, 2.05) is 13.8 Å². The first-order valence-electron chi connectivity index (χ1n) is 20.6. The van der Waals surface area contributed by atoms with Crippen molar-refractivity contribution in [2.45, 2.75) is 176 Å². The highest BCUT2D eigenvalue weighted by Gasteiger charge is 2.78. The Labute approximate surface area is 341 Å². The molecule has 59 heavy (non-hydrogen) atoms. The smallest absolute Gasteiger partial charge is 0.335 e. The molecule has 4 aliphatic carbocycles. The molecule has 18 nitrogen and oxygen atoms in total. The quantitative estimate of drug-likeness (QED) is 0.125. The molecule has 1 aromatic rings. The van der Waals surface area contributed by atoms with E-state index in [4.69, 9.17) is 37.6 Å². The molecule has 7 N–H and O–H groups in total. The van der Waals surface area contributed by atoms with Gasteiger partial charge in [0.05, 0.1) is 25.1 Å². The Morgan fingerprint density at radius 1 is 0.847 bits per heavy atom. The third kappa shape index (κ3) is 7.27. The van der Waals surface area contributed by atoms with Gasteiger partial charge in [0.1, 0.15) is 66.1 Å². The van der Waals surface area contributed by atoms with Crippen molar-refractivity contribution in [1.29, 1.82) is 0 Å². The molecule has 2 saturated heterocycles. The van der Waals surface area contributed by atoms with Crippen LogP contribution in [0, 0.1) is 22.7 Å². The number of carbonyl (C=O) groups is 2. The maximum atomic E-state index is 13.1. The van der Waals surface area contributed by atoms with Crippen LogP contribution in [-0.2, 0) is 42.7 Å². The second-order valence-electron chi connectivity index (χ2n) is 18.2. The molecule has 20 unspecified atom stereocenters. The summed E-state index contributed by atoms with van der Waals surface area (Å²) in [7, 11) is 1.30. The Hall–Kier alpha value is -2.59. The molecule has 0 amide bonds. The lowest BCUT2D eigenvalue weighted by Crippen LogP contribution is -2.75. The number of rotatable bonds is 9. The number of hydrogen-bond donors (Lipinski definition) is 7. The first-order chi connectivity index (χ1) is 27.7. The van der Waals surface area contributed by atoms with Crippen LogP contribution in [0.1, 0.15) is 91.0 Å². The molecule has 0 aromatic carbocycles. The van der Waals surface area contributed by atoms with Gasteiger partial charge in [0.15, 0.2) is 12.6 Å². The van der Waals surface area contributed by atoms with Gasteiger partial charge in [-0.15, -0.1) is 0 Å². The molecule has 1 aromatic heterocycles. The zero-order valence-electron chi connectivity index (χ0n) is 34.2. The van der Waals surface area contributed by atoms with Gasteiger partial charge in [0, 0.05) is 57.1 Å². The average Bonchev–Trinajstić information content (AvgIpc) is 3.40. The van der Waals surface area contributed by atoms with Crippen molar-refractivity contribution >= 4 is 11.9 Å². The molecular weight excluding hydrogens is 780 g/mol. The number of carbonyl (C=O) groups excluding carboxylic acids is 2. The molecule has 2 aliphatic heterocycles. The minimum absolute atomic E-state index is 0.116. The van der Waals surface area contributed by atoms with Crippen molar-refractivity contribution in [2.75, 3.05) is 13.7 Å². The number of aliphatic hydroxyl groups excluding tert-OH is 5. The van der Waals surface area contributed by atoms with E-state index in [1.165, 1.54) is 33.3 Å². The summed E-state index contributed by atoms with van der Waals surface area (Å²) in [6, 6.07) is 2.85. The van der Waals surface area contributed by atoms with Crippen LogP contribution in [0.5, 0.6) is 0 Å². The summed E-state index contributed by atoms with van der Waals surface area (Å²) in [6.07, 6.45) is -12.7. The normalized spacial score (nSPS) is 49.6. The lowest BCUT2D eigenvalue weighted by atomic mass is 9.40. The van der Waals surface area contributed by atoms with Gasteiger partial charge in [-0.3, -0.25) is 9.59 Å². The SMILES string of the molecule is COC1C(O)C(C)OC(OC2C(CO)OC(OC3CCC4(C)C(C3)C(OC(C)=O)CC3(O)C4CCC4(C)C(c5ccc(=O)oc5)C(OC(C)=O)CC43O)C(O)C2O)C1O. The number of hydrogen-bond acceptors (Lipinski definition) is 18. The molecule has 0 spiro atoms. The van der Waals surface area contributed by atoms with E-state index in [1.54, 1.807) is 13.0 Å². The lowest BCUT2D eigenvalue weighted by Gasteiger charge is -2.68. The Morgan fingerprint density at radius 2 is 1.53 bits per heavy atom. The molecular formula is C41H60O18. The third-order valence-corrected chi connectivity index (χ3v) is 15.1. The van der Waals surface area contributed by atoms with Gasteiger partial charge < -0.3 is 73.3 Å². The van der Waals surface area contributed by atoms with Crippen molar-refractivity contribution in [2.24, 2.45) is 22.7 Å². The molecule has 3 heterocycles. The van der Waals surface area contributed by atoms with Crippen molar-refractivity contribution in [1.82, 2.24) is 0 Å². The highest BCUT2D eigenvalue weighted by molar-refractivity contribution is 5.67. The number of aliphatic hydroxyl groups is 7. The number of methoxy groups -OCH3 is 1. The van der Waals surface area contributed by atoms with Gasteiger partial charge in [0.25, 0.3) is 0 Å². The molecule has 20 atom stereocenters. The van der Waals surface area contributed by atoms with Crippen LogP contribution in [0.15, 0.2) is 27.6 Å². The monoisotopic (exact) mass is 840 g/mol. The van der Waals surface area contributed by atoms with E-state index >= 15 is 0 Å². The Bertz CT molecular complexity index is 1740. The summed E-state index contributed by atoms with van der Waals surface area (Å²) in [6.45, 7) is 7.30. The minimum Gasteiger partial charge on any atom is -0.462 e. The zero-order chi connectivity index (χ0) is 43.0. The summed E-state index contributed by atoms with van der Waals surface area (Å²) < 4.78 is 46.1. The molecule has 7 rings (SSSR count). The Morgan fingerprint density at radius 3 is 2.15 bits per heavy atom. The second kappa shape index (κ2) is 16.3. The zero-order valence-corrected chi connectivity index (χ0v) is 34.2. The molecule has 6 aliphatic rings. The van der Waals surface area contributed by atoms with E-state index in [2.05, 4.69) is 0 Å². The standard InChI is InChI=1S/C41H60O18/c1-18-30(46)35(52-6)33(49)37(54-18)59-34-26(16-42)58-36(32(48)31(34)47)57-22-9-11-38(4)23(13-22)24(55-19(2)43)14-40(50)27(38)10-12-39(5)29(21-7-8-28(45)53-17-21)25(56-20(3)44)15-41(39,40)51/h7-8,17-18,22-27,29-37,42,46-51H,9-16H2,1-6H3. The second-order valence-corrected chi connectivity index (χ2v) is 18.2. The van der Waals surface area contributed by atoms with Crippen molar-refractivity contribution in [3.8, 4) is 0 Å². The van der Waals surface area contributed by atoms with Gasteiger partial charge in [-0.2, -0.15) is 0 Å². The van der Waals surface area contributed by atoms with Crippen LogP contribution in [0.4, 0.5) is 0 Å². The topological polar surface area (TPSA) is 271 Å². The van der Waals surface area contributed by atoms with Crippen LogP contribution in [-0.4, -0.2) is 152 Å². The fourth-order valence-corrected chi connectivity index (χ4v) is 12.3. The van der Waals surface area contributed by atoms with Crippen LogP contribution in [0.2, 0.25) is 0 Å². The minimum atomic E-state index is -1.85. The van der Waals surface area contributed by atoms with Gasteiger partial charge >= 0.3 is 17.6 Å². The van der Waals surface area contributed by atoms with Crippen molar-refractivity contribution in [3.05, 3.63) is 34.4 Å². The number of esters is 2. The summed E-state index contributed by atoms with van der Waals surface area (Å²) in [5.74, 6) is -2.71. The third-order valence-electron chi connectivity index (χ3n) is 15.1. The first-order valence-corrected chi connectivity index (χ1v) is 20.6. The summed E-state index contributed by atoms with van der Waals surface area (Å²) in [4.78, 5) is 37.1. The van der Waals surface area contributed by atoms with E-state index in [0.29, 0.717) is 31.2 Å². The predicted molar refractivity (Wildman–Crippen MR) is 199 cm³/mol. The molecule has 332 valence electrons. The van der Waals surface area contributed by atoms with E-state index < -0.39 is 144 Å². The van der Waals surface area contributed by atoms with Crippen molar-refractivity contribution < 1.29 is 82.9 Å². The fraction of sp³-hybridized carbons (Fsp3) is 0.829. The van der Waals surface area contributed by atoms with Crippen LogP contribution in [0.25, 0.3) is 0 Å². The van der Waals surface area contributed by atoms with Crippen LogP contribution < -0.4 is 5.63 Å². The highest BCUT2D eigenvalue weighted by atomic mass is 16.7. The number of fused-ring (bicyclic) bond motifs is 5. The maximum Gasteiger partial charge on any atom is 0.335 e. The van der Waals surface area contributed by atoms with Gasteiger partial charge in [0.2, 0.25) is 0 Å². The van der Waals surface area contributed by atoms with E-state index in [0.717, 1.165) is 0 Å². The Kier molecular flexibility index (Phi) is 12.3. The molecule has 6 fully saturated rings. The fourth-order valence-electron chi connectivity index (χ4n) is 12.3. The predicted octanol–water partition coefficient (Wildman–Crippen LogP) is -0.230. The molecule has 18 heteroatoms. The van der Waals surface area contributed by atoms with E-state index in [-0.39, 0.29) is 19.3 Å². The summed E-state index contributed by atoms with van der Waals surface area (Å²) in [5.41, 5.74) is -5.50. The molecule has 4 saturated carbocycles. The first kappa shape index (κ1) is 44.5. The van der Waals surface area contributed by atoms with Gasteiger partial charge in [-0.05, 0) is 62.0 Å². The largest absolute Gasteiger partial charge is 0.462 e. The van der Waals surface area contributed by atoms with Crippen molar-refractivity contribution in [3.63, 3.8) is 0 Å². The van der Waals surface area contributed by atoms with Crippen LogP contribution >= 0.6 is 0 Å². The molecule has 0 radical (unpaired) electrons. The lowest BCUT2D eigenvalue weighted by molar-refractivity contribution is -0.364.